The molecule has 1 aliphatic rings. The molecule has 0 radical (unpaired) electrons. The first-order valence-corrected chi connectivity index (χ1v) is 4.30. The van der Waals surface area contributed by atoms with Crippen LogP contribution >= 0.6 is 11.3 Å². The Hall–Kier alpha value is -0.740. The summed E-state index contributed by atoms with van der Waals surface area (Å²) in [4.78, 5) is 1.23. The molecule has 0 amide bonds. The van der Waals surface area contributed by atoms with Crippen LogP contribution in [0.15, 0.2) is 6.07 Å². The Morgan fingerprint density at radius 1 is 1.55 bits per heavy atom. The second-order valence-electron chi connectivity index (χ2n) is 2.31. The fourth-order valence-corrected chi connectivity index (χ4v) is 1.97. The summed E-state index contributed by atoms with van der Waals surface area (Å²) in [6, 6.07) is 2.00. The number of hydrogen-bond acceptors (Lipinski definition) is 4. The van der Waals surface area contributed by atoms with Gasteiger partial charge in [0, 0.05) is 4.88 Å². The van der Waals surface area contributed by atoms with Gasteiger partial charge in [0.25, 0.3) is 0 Å². The number of ether oxygens (including phenoxy) is 2. The number of fused-ring (bicyclic) bond motifs is 1. The Bertz CT molecular complexity index is 237. The Labute approximate surface area is 68.7 Å². The summed E-state index contributed by atoms with van der Waals surface area (Å²) in [5.41, 5.74) is 5.40. The van der Waals surface area contributed by atoms with Gasteiger partial charge in [-0.2, -0.15) is 0 Å². The molecule has 1 aromatic heterocycles. The molecule has 60 valence electrons. The maximum absolute atomic E-state index is 5.40. The van der Waals surface area contributed by atoms with Crippen LogP contribution in [0.2, 0.25) is 0 Å². The first kappa shape index (κ1) is 6.94. The number of rotatable bonds is 2. The Morgan fingerprint density at radius 2 is 2.45 bits per heavy atom. The van der Waals surface area contributed by atoms with Crippen molar-refractivity contribution in [1.82, 2.24) is 0 Å². The monoisotopic (exact) mass is 171 g/mol. The molecule has 1 aliphatic heterocycles. The van der Waals surface area contributed by atoms with Crippen molar-refractivity contribution in [2.24, 2.45) is 5.73 Å². The predicted octanol–water partition coefficient (Wildman–Crippen LogP) is 0.978. The highest BCUT2D eigenvalue weighted by atomic mass is 32.1. The molecule has 11 heavy (non-hydrogen) atoms. The quantitative estimate of drug-likeness (QED) is 0.721. The van der Waals surface area contributed by atoms with E-state index in [4.69, 9.17) is 15.2 Å². The topological polar surface area (TPSA) is 44.5 Å². The molecule has 0 unspecified atom stereocenters. The van der Waals surface area contributed by atoms with Crippen LogP contribution in [0.4, 0.5) is 0 Å². The fraction of sp³-hybridized carbons (Fsp3) is 0.429. The van der Waals surface area contributed by atoms with E-state index in [1.807, 2.05) is 6.07 Å². The van der Waals surface area contributed by atoms with Crippen LogP contribution in [0.1, 0.15) is 4.88 Å². The summed E-state index contributed by atoms with van der Waals surface area (Å²) in [5, 5.41) is 0.897. The lowest BCUT2D eigenvalue weighted by Crippen LogP contribution is -2.01. The van der Waals surface area contributed by atoms with Crippen LogP contribution in [0.5, 0.6) is 10.8 Å². The minimum atomic E-state index is 0.365. The lowest BCUT2D eigenvalue weighted by Gasteiger charge is -1.92. The van der Waals surface area contributed by atoms with Crippen LogP contribution < -0.4 is 15.2 Å². The van der Waals surface area contributed by atoms with Gasteiger partial charge in [0.1, 0.15) is 0 Å². The normalized spacial score (nSPS) is 13.9. The van der Waals surface area contributed by atoms with E-state index < -0.39 is 0 Å². The van der Waals surface area contributed by atoms with Gasteiger partial charge in [-0.1, -0.05) is 0 Å². The van der Waals surface area contributed by atoms with Crippen molar-refractivity contribution in [3.05, 3.63) is 10.9 Å². The van der Waals surface area contributed by atoms with Crippen molar-refractivity contribution < 1.29 is 9.47 Å². The van der Waals surface area contributed by atoms with Crippen molar-refractivity contribution in [2.45, 2.75) is 6.42 Å². The van der Waals surface area contributed by atoms with Gasteiger partial charge in [0.2, 0.25) is 11.9 Å². The molecule has 0 saturated heterocycles. The molecule has 1 aromatic rings. The van der Waals surface area contributed by atoms with Gasteiger partial charge < -0.3 is 15.2 Å². The van der Waals surface area contributed by atoms with Crippen molar-refractivity contribution in [3.8, 4) is 10.8 Å². The molecule has 4 heteroatoms. The average molecular weight is 171 g/mol. The van der Waals surface area contributed by atoms with E-state index in [0.717, 1.165) is 17.2 Å². The lowest BCUT2D eigenvalue weighted by atomic mass is 10.3. The average Bonchev–Trinajstić information content (AvgIpc) is 2.46. The number of hydrogen-bond donors (Lipinski definition) is 1. The van der Waals surface area contributed by atoms with E-state index in [2.05, 4.69) is 0 Å². The molecular weight excluding hydrogens is 162 g/mol. The van der Waals surface area contributed by atoms with E-state index in [9.17, 15) is 0 Å². The third-order valence-electron chi connectivity index (χ3n) is 1.51. The van der Waals surface area contributed by atoms with E-state index in [1.54, 1.807) is 11.3 Å². The summed E-state index contributed by atoms with van der Waals surface area (Å²) in [7, 11) is 0. The minimum absolute atomic E-state index is 0.365. The minimum Gasteiger partial charge on any atom is -0.453 e. The molecule has 0 bridgehead atoms. The molecule has 0 fully saturated rings. The molecule has 2 N–H and O–H groups in total. The van der Waals surface area contributed by atoms with Gasteiger partial charge in [-0.05, 0) is 19.0 Å². The van der Waals surface area contributed by atoms with Gasteiger partial charge in [-0.15, -0.1) is 11.3 Å². The predicted molar refractivity (Wildman–Crippen MR) is 43.2 cm³/mol. The number of nitrogens with two attached hydrogens (primary N) is 1. The highest BCUT2D eigenvalue weighted by Crippen LogP contribution is 2.40. The van der Waals surface area contributed by atoms with Crippen molar-refractivity contribution in [3.63, 3.8) is 0 Å². The largest absolute Gasteiger partial charge is 0.453 e. The standard InChI is InChI=1S/C7H9NO2S/c8-2-1-5-3-6-7(11-5)10-4-9-6/h3H,1-2,4,8H2. The molecule has 2 rings (SSSR count). The number of thiophene rings is 1. The van der Waals surface area contributed by atoms with E-state index >= 15 is 0 Å². The van der Waals surface area contributed by atoms with Crippen molar-refractivity contribution >= 4 is 11.3 Å². The third kappa shape index (κ3) is 1.19. The summed E-state index contributed by atoms with van der Waals surface area (Å²) in [5.74, 6) is 0.874. The van der Waals surface area contributed by atoms with Gasteiger partial charge in [0.05, 0.1) is 0 Å². The van der Waals surface area contributed by atoms with Gasteiger partial charge in [-0.25, -0.2) is 0 Å². The van der Waals surface area contributed by atoms with Crippen LogP contribution in [0.25, 0.3) is 0 Å². The summed E-state index contributed by atoms with van der Waals surface area (Å²) >= 11 is 1.62. The zero-order valence-corrected chi connectivity index (χ0v) is 6.82. The van der Waals surface area contributed by atoms with E-state index in [0.29, 0.717) is 13.3 Å². The first-order valence-electron chi connectivity index (χ1n) is 3.48. The zero-order valence-electron chi connectivity index (χ0n) is 6.00. The summed E-state index contributed by atoms with van der Waals surface area (Å²) in [6.45, 7) is 1.05. The maximum Gasteiger partial charge on any atom is 0.232 e. The van der Waals surface area contributed by atoms with Crippen LogP contribution in [0.3, 0.4) is 0 Å². The highest BCUT2D eigenvalue weighted by Gasteiger charge is 2.16. The van der Waals surface area contributed by atoms with Gasteiger partial charge >= 0.3 is 0 Å². The van der Waals surface area contributed by atoms with E-state index in [-0.39, 0.29) is 0 Å². The molecule has 2 heterocycles. The Balaban J connectivity index is 2.20. The smallest absolute Gasteiger partial charge is 0.232 e. The Kier molecular flexibility index (Phi) is 1.71. The zero-order chi connectivity index (χ0) is 7.68. The van der Waals surface area contributed by atoms with Crippen molar-refractivity contribution in [2.75, 3.05) is 13.3 Å². The molecule has 0 spiro atoms. The molecule has 0 saturated carbocycles. The summed E-state index contributed by atoms with van der Waals surface area (Å²) < 4.78 is 10.4. The molecule has 3 nitrogen and oxygen atoms in total. The van der Waals surface area contributed by atoms with Crippen molar-refractivity contribution in [1.29, 1.82) is 0 Å². The maximum atomic E-state index is 5.40. The second-order valence-corrected chi connectivity index (χ2v) is 3.41. The molecular formula is C7H9NO2S. The Morgan fingerprint density at radius 3 is 3.18 bits per heavy atom. The molecule has 0 atom stereocenters. The highest BCUT2D eigenvalue weighted by molar-refractivity contribution is 7.14. The second kappa shape index (κ2) is 2.71. The summed E-state index contributed by atoms with van der Waals surface area (Å²) in [6.07, 6.45) is 0.907. The molecule has 0 aliphatic carbocycles. The van der Waals surface area contributed by atoms with Gasteiger partial charge in [0.15, 0.2) is 5.75 Å². The van der Waals surface area contributed by atoms with Gasteiger partial charge in [-0.3, -0.25) is 0 Å². The first-order chi connectivity index (χ1) is 5.40. The fourth-order valence-electron chi connectivity index (χ4n) is 1.02. The van der Waals surface area contributed by atoms with Crippen LogP contribution in [-0.2, 0) is 6.42 Å². The lowest BCUT2D eigenvalue weighted by molar-refractivity contribution is 0.175. The van der Waals surface area contributed by atoms with Crippen LogP contribution in [-0.4, -0.2) is 13.3 Å². The molecule has 0 aromatic carbocycles. The SMILES string of the molecule is NCCc1cc2c(s1)OCO2. The van der Waals surface area contributed by atoms with Crippen LogP contribution in [0, 0.1) is 0 Å². The van der Waals surface area contributed by atoms with E-state index in [1.165, 1.54) is 4.88 Å². The third-order valence-corrected chi connectivity index (χ3v) is 2.60.